The molecule has 1 atom stereocenters. The third kappa shape index (κ3) is 4.51. The number of rotatable bonds is 5. The highest BCUT2D eigenvalue weighted by Crippen LogP contribution is 2.28. The van der Waals surface area contributed by atoms with Crippen LogP contribution in [0.4, 0.5) is 16.2 Å². The minimum Gasteiger partial charge on any atom is -0.326 e. The van der Waals surface area contributed by atoms with E-state index in [9.17, 15) is 9.59 Å². The zero-order valence-electron chi connectivity index (χ0n) is 17.0. The first-order valence-corrected chi connectivity index (χ1v) is 10.2. The lowest BCUT2D eigenvalue weighted by molar-refractivity contribution is -0.120. The van der Waals surface area contributed by atoms with Gasteiger partial charge in [0.2, 0.25) is 5.91 Å². The number of para-hydroxylation sites is 1. The lowest BCUT2D eigenvalue weighted by Crippen LogP contribution is -2.50. The maximum Gasteiger partial charge on any atom is 0.319 e. The van der Waals surface area contributed by atoms with Gasteiger partial charge in [-0.2, -0.15) is 0 Å². The fourth-order valence-electron chi connectivity index (χ4n) is 3.85. The standard InChI is InChI=1S/C25H25N3O2/c1-18-8-7-12-21(16-18)26-25(30)27-22(17-19-9-3-2-4-10-19)24(29)28-15-14-20-11-5-6-13-23(20)28/h2-13,16,22H,14-15,17H2,1H3,(H2,26,27,30). The van der Waals surface area contributed by atoms with Crippen molar-refractivity contribution in [1.82, 2.24) is 5.32 Å². The zero-order valence-corrected chi connectivity index (χ0v) is 17.0. The van der Waals surface area contributed by atoms with Crippen LogP contribution in [0.2, 0.25) is 0 Å². The van der Waals surface area contributed by atoms with Gasteiger partial charge in [-0.05, 0) is 48.2 Å². The van der Waals surface area contributed by atoms with Gasteiger partial charge in [0.05, 0.1) is 0 Å². The Morgan fingerprint density at radius 2 is 1.73 bits per heavy atom. The van der Waals surface area contributed by atoms with Crippen LogP contribution in [-0.2, 0) is 17.6 Å². The van der Waals surface area contributed by atoms with Gasteiger partial charge in [-0.3, -0.25) is 4.79 Å². The van der Waals surface area contributed by atoms with E-state index in [0.717, 1.165) is 28.8 Å². The normalized spacial score (nSPS) is 13.4. The SMILES string of the molecule is Cc1cccc(NC(=O)NC(Cc2ccccc2)C(=O)N2CCc3ccccc32)c1. The van der Waals surface area contributed by atoms with Crippen molar-refractivity contribution in [3.05, 3.63) is 95.6 Å². The van der Waals surface area contributed by atoms with Crippen LogP contribution in [0, 0.1) is 6.92 Å². The number of anilines is 2. The lowest BCUT2D eigenvalue weighted by atomic mass is 10.0. The van der Waals surface area contributed by atoms with Gasteiger partial charge in [0.15, 0.2) is 0 Å². The Bertz CT molecular complexity index is 1050. The monoisotopic (exact) mass is 399 g/mol. The van der Waals surface area contributed by atoms with Crippen molar-refractivity contribution < 1.29 is 9.59 Å². The van der Waals surface area contributed by atoms with Crippen molar-refractivity contribution in [2.45, 2.75) is 25.8 Å². The molecule has 0 fully saturated rings. The quantitative estimate of drug-likeness (QED) is 0.671. The third-order valence-electron chi connectivity index (χ3n) is 5.32. The molecular formula is C25H25N3O2. The topological polar surface area (TPSA) is 61.4 Å². The highest BCUT2D eigenvalue weighted by molar-refractivity contribution is 6.02. The van der Waals surface area contributed by atoms with Crippen molar-refractivity contribution in [2.75, 3.05) is 16.8 Å². The molecule has 2 N–H and O–H groups in total. The first-order valence-electron chi connectivity index (χ1n) is 10.2. The van der Waals surface area contributed by atoms with E-state index in [0.29, 0.717) is 18.7 Å². The number of hydrogen-bond donors (Lipinski definition) is 2. The molecule has 3 amide bonds. The summed E-state index contributed by atoms with van der Waals surface area (Å²) in [6.45, 7) is 2.60. The van der Waals surface area contributed by atoms with Crippen LogP contribution in [0.25, 0.3) is 0 Å². The van der Waals surface area contributed by atoms with E-state index in [1.54, 1.807) is 4.90 Å². The molecule has 30 heavy (non-hydrogen) atoms. The molecule has 152 valence electrons. The molecule has 1 unspecified atom stereocenters. The van der Waals surface area contributed by atoms with Crippen LogP contribution in [-0.4, -0.2) is 24.5 Å². The molecule has 0 spiro atoms. The summed E-state index contributed by atoms with van der Waals surface area (Å²) < 4.78 is 0. The van der Waals surface area contributed by atoms with Crippen molar-refractivity contribution in [2.24, 2.45) is 0 Å². The Kier molecular flexibility index (Phi) is 5.80. The number of benzene rings is 3. The largest absolute Gasteiger partial charge is 0.326 e. The van der Waals surface area contributed by atoms with E-state index in [1.165, 1.54) is 0 Å². The number of hydrogen-bond acceptors (Lipinski definition) is 2. The van der Waals surface area contributed by atoms with E-state index in [2.05, 4.69) is 10.6 Å². The second-order valence-corrected chi connectivity index (χ2v) is 7.58. The van der Waals surface area contributed by atoms with E-state index >= 15 is 0 Å². The van der Waals surface area contributed by atoms with E-state index in [4.69, 9.17) is 0 Å². The average molecular weight is 399 g/mol. The number of fused-ring (bicyclic) bond motifs is 1. The summed E-state index contributed by atoms with van der Waals surface area (Å²) in [6.07, 6.45) is 1.26. The summed E-state index contributed by atoms with van der Waals surface area (Å²) in [7, 11) is 0. The predicted octanol–water partition coefficient (Wildman–Crippen LogP) is 4.32. The predicted molar refractivity (Wildman–Crippen MR) is 120 cm³/mol. The van der Waals surface area contributed by atoms with Gasteiger partial charge in [0.25, 0.3) is 0 Å². The van der Waals surface area contributed by atoms with Gasteiger partial charge in [0, 0.05) is 24.3 Å². The van der Waals surface area contributed by atoms with Crippen molar-refractivity contribution in [3.8, 4) is 0 Å². The molecule has 0 saturated carbocycles. The summed E-state index contributed by atoms with van der Waals surface area (Å²) in [6, 6.07) is 24.2. The van der Waals surface area contributed by atoms with Crippen molar-refractivity contribution >= 4 is 23.3 Å². The lowest BCUT2D eigenvalue weighted by Gasteiger charge is -2.25. The van der Waals surface area contributed by atoms with Crippen LogP contribution < -0.4 is 15.5 Å². The first-order chi connectivity index (χ1) is 14.6. The second-order valence-electron chi connectivity index (χ2n) is 7.58. The van der Waals surface area contributed by atoms with Crippen molar-refractivity contribution in [3.63, 3.8) is 0 Å². The van der Waals surface area contributed by atoms with Crippen LogP contribution in [0.3, 0.4) is 0 Å². The number of nitrogens with zero attached hydrogens (tertiary/aromatic N) is 1. The molecule has 0 aliphatic carbocycles. The Morgan fingerprint density at radius 1 is 0.967 bits per heavy atom. The first kappa shape index (κ1) is 19.7. The average Bonchev–Trinajstić information content (AvgIpc) is 3.18. The smallest absolute Gasteiger partial charge is 0.319 e. The van der Waals surface area contributed by atoms with E-state index < -0.39 is 6.04 Å². The fourth-order valence-corrected chi connectivity index (χ4v) is 3.85. The molecule has 1 heterocycles. The van der Waals surface area contributed by atoms with E-state index in [1.807, 2.05) is 85.8 Å². The molecular weight excluding hydrogens is 374 g/mol. The number of carbonyl (C=O) groups excluding carboxylic acids is 2. The van der Waals surface area contributed by atoms with Crippen LogP contribution >= 0.6 is 0 Å². The molecule has 3 aromatic rings. The number of nitrogens with one attached hydrogen (secondary N) is 2. The molecule has 0 aromatic heterocycles. The second kappa shape index (κ2) is 8.82. The van der Waals surface area contributed by atoms with Gasteiger partial charge in [-0.25, -0.2) is 4.79 Å². The molecule has 4 rings (SSSR count). The minimum absolute atomic E-state index is 0.0943. The maximum atomic E-state index is 13.4. The number of aryl methyl sites for hydroxylation is 1. The molecule has 5 nitrogen and oxygen atoms in total. The Morgan fingerprint density at radius 3 is 2.53 bits per heavy atom. The van der Waals surface area contributed by atoms with Gasteiger partial charge in [0.1, 0.15) is 6.04 Å². The molecule has 1 aliphatic heterocycles. The van der Waals surface area contributed by atoms with Crippen LogP contribution in [0.5, 0.6) is 0 Å². The van der Waals surface area contributed by atoms with E-state index in [-0.39, 0.29) is 11.9 Å². The number of urea groups is 1. The summed E-state index contributed by atoms with van der Waals surface area (Å²) in [5.41, 5.74) is 4.84. The summed E-state index contributed by atoms with van der Waals surface area (Å²) in [5.74, 6) is -0.0943. The highest BCUT2D eigenvalue weighted by atomic mass is 16.2. The Balaban J connectivity index is 1.53. The summed E-state index contributed by atoms with van der Waals surface area (Å²) in [5, 5.41) is 5.74. The summed E-state index contributed by atoms with van der Waals surface area (Å²) in [4.78, 5) is 27.9. The maximum absolute atomic E-state index is 13.4. The third-order valence-corrected chi connectivity index (χ3v) is 5.32. The van der Waals surface area contributed by atoms with Gasteiger partial charge in [-0.15, -0.1) is 0 Å². The van der Waals surface area contributed by atoms with Crippen LogP contribution in [0.1, 0.15) is 16.7 Å². The fraction of sp³-hybridized carbons (Fsp3) is 0.200. The van der Waals surface area contributed by atoms with Gasteiger partial charge < -0.3 is 15.5 Å². The van der Waals surface area contributed by atoms with Gasteiger partial charge >= 0.3 is 6.03 Å². The number of carbonyl (C=O) groups is 2. The van der Waals surface area contributed by atoms with Gasteiger partial charge in [-0.1, -0.05) is 60.7 Å². The highest BCUT2D eigenvalue weighted by Gasteiger charge is 2.31. The molecule has 0 bridgehead atoms. The zero-order chi connectivity index (χ0) is 20.9. The van der Waals surface area contributed by atoms with Crippen molar-refractivity contribution in [1.29, 1.82) is 0 Å². The number of amides is 3. The Labute approximate surface area is 176 Å². The minimum atomic E-state index is -0.664. The van der Waals surface area contributed by atoms with Crippen LogP contribution in [0.15, 0.2) is 78.9 Å². The molecule has 1 aliphatic rings. The molecule has 0 radical (unpaired) electrons. The Hall–Kier alpha value is -3.60. The molecule has 5 heteroatoms. The molecule has 0 saturated heterocycles. The summed E-state index contributed by atoms with van der Waals surface area (Å²) >= 11 is 0. The molecule has 3 aromatic carbocycles.